The van der Waals surface area contributed by atoms with E-state index in [-0.39, 0.29) is 6.61 Å². The van der Waals surface area contributed by atoms with Gasteiger partial charge in [0.05, 0.1) is 17.2 Å². The van der Waals surface area contributed by atoms with Gasteiger partial charge >= 0.3 is 0 Å². The van der Waals surface area contributed by atoms with E-state index >= 15 is 0 Å². The number of hydrogen-bond acceptors (Lipinski definition) is 5. The standard InChI is InChI=1S/C21H23N3O2/c1-13-7-17(8-14(2)21(13)26)16-3-4-18-19(9-16)23-20(10-22-18)24-6-5-15(11-24)12-25/h3-4,7-10,15,25-26H,5-6,11-12H2,1-2H3. The molecule has 5 nitrogen and oxygen atoms in total. The minimum absolute atomic E-state index is 0.223. The molecule has 2 aromatic carbocycles. The molecule has 0 radical (unpaired) electrons. The first kappa shape index (κ1) is 16.8. The number of fused-ring (bicyclic) bond motifs is 1. The number of nitrogens with zero attached hydrogens (tertiary/aromatic N) is 3. The summed E-state index contributed by atoms with van der Waals surface area (Å²) in [6, 6.07) is 10.1. The van der Waals surface area contributed by atoms with E-state index in [0.717, 1.165) is 58.6 Å². The average molecular weight is 349 g/mol. The lowest BCUT2D eigenvalue weighted by Crippen LogP contribution is -2.21. The van der Waals surface area contributed by atoms with Crippen molar-refractivity contribution in [3.8, 4) is 16.9 Å². The highest BCUT2D eigenvalue weighted by Crippen LogP contribution is 2.31. The van der Waals surface area contributed by atoms with E-state index in [1.807, 2.05) is 44.3 Å². The highest BCUT2D eigenvalue weighted by molar-refractivity contribution is 5.82. The molecule has 1 aromatic heterocycles. The smallest absolute Gasteiger partial charge is 0.147 e. The maximum absolute atomic E-state index is 10.0. The Balaban J connectivity index is 1.72. The molecule has 1 atom stereocenters. The van der Waals surface area contributed by atoms with Gasteiger partial charge in [-0.25, -0.2) is 4.98 Å². The largest absolute Gasteiger partial charge is 0.507 e. The Morgan fingerprint density at radius 2 is 1.85 bits per heavy atom. The molecule has 5 heteroatoms. The number of rotatable bonds is 3. The van der Waals surface area contributed by atoms with E-state index in [4.69, 9.17) is 4.98 Å². The van der Waals surface area contributed by atoms with E-state index in [0.29, 0.717) is 11.7 Å². The van der Waals surface area contributed by atoms with E-state index in [9.17, 15) is 10.2 Å². The summed E-state index contributed by atoms with van der Waals surface area (Å²) in [5.74, 6) is 1.54. The third-order valence-corrected chi connectivity index (χ3v) is 5.22. The van der Waals surface area contributed by atoms with Crippen molar-refractivity contribution in [2.45, 2.75) is 20.3 Å². The molecule has 0 bridgehead atoms. The van der Waals surface area contributed by atoms with Crippen LogP contribution in [0.4, 0.5) is 5.82 Å². The Hall–Kier alpha value is -2.66. The van der Waals surface area contributed by atoms with Gasteiger partial charge < -0.3 is 15.1 Å². The van der Waals surface area contributed by atoms with Crippen molar-refractivity contribution in [1.29, 1.82) is 0 Å². The predicted molar refractivity (Wildman–Crippen MR) is 104 cm³/mol. The summed E-state index contributed by atoms with van der Waals surface area (Å²) in [7, 11) is 0. The molecule has 1 unspecified atom stereocenters. The first-order valence-electron chi connectivity index (χ1n) is 8.98. The molecule has 1 aliphatic heterocycles. The summed E-state index contributed by atoms with van der Waals surface area (Å²) in [6.07, 6.45) is 2.80. The third-order valence-electron chi connectivity index (χ3n) is 5.22. The second-order valence-corrected chi connectivity index (χ2v) is 7.17. The topological polar surface area (TPSA) is 69.5 Å². The molecule has 3 aromatic rings. The summed E-state index contributed by atoms with van der Waals surface area (Å²) in [4.78, 5) is 11.6. The normalized spacial score (nSPS) is 17.2. The lowest BCUT2D eigenvalue weighted by atomic mass is 9.99. The fraction of sp³-hybridized carbons (Fsp3) is 0.333. The quantitative estimate of drug-likeness (QED) is 0.758. The molecule has 2 heterocycles. The van der Waals surface area contributed by atoms with Crippen molar-refractivity contribution < 1.29 is 10.2 Å². The Kier molecular flexibility index (Phi) is 4.24. The van der Waals surface area contributed by atoms with Gasteiger partial charge in [0.25, 0.3) is 0 Å². The zero-order valence-electron chi connectivity index (χ0n) is 15.1. The average Bonchev–Trinajstić information content (AvgIpc) is 3.14. The summed E-state index contributed by atoms with van der Waals surface area (Å²) in [5, 5.41) is 19.4. The van der Waals surface area contributed by atoms with Crippen molar-refractivity contribution in [2.75, 3.05) is 24.6 Å². The van der Waals surface area contributed by atoms with Crippen LogP contribution in [0.25, 0.3) is 22.2 Å². The van der Waals surface area contributed by atoms with E-state index < -0.39 is 0 Å². The van der Waals surface area contributed by atoms with Crippen LogP contribution in [0.1, 0.15) is 17.5 Å². The third kappa shape index (κ3) is 2.99. The van der Waals surface area contributed by atoms with E-state index in [1.54, 1.807) is 0 Å². The Morgan fingerprint density at radius 1 is 1.08 bits per heavy atom. The summed E-state index contributed by atoms with van der Waals surface area (Å²) in [6.45, 7) is 5.78. The van der Waals surface area contributed by atoms with Crippen LogP contribution in [0.2, 0.25) is 0 Å². The van der Waals surface area contributed by atoms with Crippen molar-refractivity contribution >= 4 is 16.9 Å². The molecule has 2 N–H and O–H groups in total. The number of aliphatic hydroxyl groups excluding tert-OH is 1. The van der Waals surface area contributed by atoms with Crippen LogP contribution >= 0.6 is 0 Å². The molecule has 1 saturated heterocycles. The molecular formula is C21H23N3O2. The molecule has 0 saturated carbocycles. The lowest BCUT2D eigenvalue weighted by Gasteiger charge is -2.17. The van der Waals surface area contributed by atoms with Gasteiger partial charge in [0.2, 0.25) is 0 Å². The minimum atomic E-state index is 0.223. The van der Waals surface area contributed by atoms with Crippen LogP contribution in [0.15, 0.2) is 36.5 Å². The van der Waals surface area contributed by atoms with E-state index in [2.05, 4.69) is 16.0 Å². The summed E-state index contributed by atoms with van der Waals surface area (Å²) >= 11 is 0. The second kappa shape index (κ2) is 6.57. The molecule has 1 fully saturated rings. The molecule has 4 rings (SSSR count). The summed E-state index contributed by atoms with van der Waals surface area (Å²) < 4.78 is 0. The highest BCUT2D eigenvalue weighted by atomic mass is 16.3. The fourth-order valence-electron chi connectivity index (χ4n) is 3.65. The van der Waals surface area contributed by atoms with Gasteiger partial charge in [-0.2, -0.15) is 0 Å². The predicted octanol–water partition coefficient (Wildman–Crippen LogP) is 3.44. The van der Waals surface area contributed by atoms with Crippen molar-refractivity contribution in [3.05, 3.63) is 47.7 Å². The summed E-state index contributed by atoms with van der Waals surface area (Å²) in [5.41, 5.74) is 5.58. The van der Waals surface area contributed by atoms with Gasteiger partial charge in [-0.15, -0.1) is 0 Å². The zero-order chi connectivity index (χ0) is 18.3. The Labute approximate surface area is 153 Å². The Bertz CT molecular complexity index is 948. The van der Waals surface area contributed by atoms with Gasteiger partial charge in [0.15, 0.2) is 0 Å². The van der Waals surface area contributed by atoms with Crippen molar-refractivity contribution in [3.63, 3.8) is 0 Å². The molecule has 134 valence electrons. The number of aromatic hydroxyl groups is 1. The van der Waals surface area contributed by atoms with Gasteiger partial charge in [-0.05, 0) is 66.8 Å². The highest BCUT2D eigenvalue weighted by Gasteiger charge is 2.23. The lowest BCUT2D eigenvalue weighted by molar-refractivity contribution is 0.238. The van der Waals surface area contributed by atoms with Crippen LogP contribution < -0.4 is 4.90 Å². The first-order valence-corrected chi connectivity index (χ1v) is 8.98. The number of aromatic nitrogens is 2. The van der Waals surface area contributed by atoms with E-state index in [1.165, 1.54) is 0 Å². The van der Waals surface area contributed by atoms with Crippen LogP contribution in [-0.2, 0) is 0 Å². The van der Waals surface area contributed by atoms with Crippen LogP contribution in [0.3, 0.4) is 0 Å². The molecule has 26 heavy (non-hydrogen) atoms. The fourth-order valence-corrected chi connectivity index (χ4v) is 3.65. The number of aliphatic hydroxyl groups is 1. The number of phenolic OH excluding ortho intramolecular Hbond substituents is 1. The number of phenols is 1. The van der Waals surface area contributed by atoms with Crippen LogP contribution in [0.5, 0.6) is 5.75 Å². The van der Waals surface area contributed by atoms with Gasteiger partial charge in [0.1, 0.15) is 11.6 Å². The van der Waals surface area contributed by atoms with Crippen LogP contribution in [0, 0.1) is 19.8 Å². The molecule has 0 aliphatic carbocycles. The number of aryl methyl sites for hydroxylation is 2. The first-order chi connectivity index (χ1) is 12.5. The molecule has 0 amide bonds. The number of benzene rings is 2. The second-order valence-electron chi connectivity index (χ2n) is 7.17. The number of hydrogen-bond donors (Lipinski definition) is 2. The monoisotopic (exact) mass is 349 g/mol. The van der Waals surface area contributed by atoms with Crippen molar-refractivity contribution in [1.82, 2.24) is 9.97 Å². The maximum atomic E-state index is 10.0. The zero-order valence-corrected chi connectivity index (χ0v) is 15.1. The van der Waals surface area contributed by atoms with Gasteiger partial charge in [-0.1, -0.05) is 6.07 Å². The molecular weight excluding hydrogens is 326 g/mol. The maximum Gasteiger partial charge on any atom is 0.147 e. The van der Waals surface area contributed by atoms with Crippen LogP contribution in [-0.4, -0.2) is 39.9 Å². The minimum Gasteiger partial charge on any atom is -0.507 e. The van der Waals surface area contributed by atoms with Gasteiger partial charge in [0, 0.05) is 25.6 Å². The SMILES string of the molecule is Cc1cc(-c2ccc3ncc(N4CCC(CO)C4)nc3c2)cc(C)c1O. The van der Waals surface area contributed by atoms with Crippen molar-refractivity contribution in [2.24, 2.45) is 5.92 Å². The molecule has 0 spiro atoms. The number of anilines is 1. The Morgan fingerprint density at radius 3 is 2.54 bits per heavy atom. The molecule has 1 aliphatic rings. The van der Waals surface area contributed by atoms with Gasteiger partial charge in [-0.3, -0.25) is 4.98 Å².